The molecule has 1 spiro atoms. The molecule has 0 saturated carbocycles. The molecule has 146 valence electrons. The van der Waals surface area contributed by atoms with Crippen LogP contribution in [0.15, 0.2) is 10.6 Å². The molecule has 1 amide bonds. The molecule has 0 aromatic carbocycles. The maximum absolute atomic E-state index is 13.1. The second-order valence-corrected chi connectivity index (χ2v) is 8.27. The highest BCUT2D eigenvalue weighted by Crippen LogP contribution is 2.38. The summed E-state index contributed by atoms with van der Waals surface area (Å²) in [6.07, 6.45) is 4.82. The van der Waals surface area contributed by atoms with Crippen LogP contribution in [0.25, 0.3) is 11.4 Å². The summed E-state index contributed by atoms with van der Waals surface area (Å²) >= 11 is 6.46. The van der Waals surface area contributed by atoms with Crippen molar-refractivity contribution in [1.82, 2.24) is 25.2 Å². The third-order valence-electron chi connectivity index (χ3n) is 5.95. The van der Waals surface area contributed by atoms with E-state index in [-0.39, 0.29) is 17.7 Å². The first-order valence-electron chi connectivity index (χ1n) is 9.61. The molecule has 2 aromatic heterocycles. The van der Waals surface area contributed by atoms with Crippen molar-refractivity contribution in [3.05, 3.63) is 22.5 Å². The van der Waals surface area contributed by atoms with Gasteiger partial charge < -0.3 is 14.7 Å². The van der Waals surface area contributed by atoms with Gasteiger partial charge >= 0.3 is 0 Å². The molecule has 7 nitrogen and oxygen atoms in total. The molecule has 0 bridgehead atoms. The fourth-order valence-electron chi connectivity index (χ4n) is 4.44. The Morgan fingerprint density at radius 3 is 2.85 bits per heavy atom. The van der Waals surface area contributed by atoms with E-state index in [2.05, 4.69) is 15.6 Å². The highest BCUT2D eigenvalue weighted by atomic mass is 35.5. The Morgan fingerprint density at radius 2 is 2.15 bits per heavy atom. The zero-order chi connectivity index (χ0) is 19.0. The SMILES string of the molecule is Cc1cc(-c2nn(C)c(Cl)c2CC(=O)N2CCCC3(CCNCC3)C2)no1. The Morgan fingerprint density at radius 1 is 1.37 bits per heavy atom. The van der Waals surface area contributed by atoms with Crippen LogP contribution in [-0.4, -0.2) is 51.9 Å². The van der Waals surface area contributed by atoms with Crippen LogP contribution < -0.4 is 5.32 Å². The smallest absolute Gasteiger partial charge is 0.227 e. The van der Waals surface area contributed by atoms with E-state index in [4.69, 9.17) is 16.1 Å². The number of aryl methyl sites for hydroxylation is 2. The molecule has 2 aliphatic heterocycles. The number of amides is 1. The Labute approximate surface area is 164 Å². The molecule has 2 saturated heterocycles. The number of rotatable bonds is 3. The van der Waals surface area contributed by atoms with Crippen LogP contribution in [-0.2, 0) is 18.3 Å². The Kier molecular flexibility index (Phi) is 4.99. The maximum Gasteiger partial charge on any atom is 0.227 e. The molecule has 2 aromatic rings. The van der Waals surface area contributed by atoms with Crippen LogP contribution in [0.4, 0.5) is 0 Å². The second-order valence-electron chi connectivity index (χ2n) is 7.91. The van der Waals surface area contributed by atoms with Gasteiger partial charge in [0, 0.05) is 31.8 Å². The van der Waals surface area contributed by atoms with Crippen molar-refractivity contribution in [2.24, 2.45) is 12.5 Å². The minimum Gasteiger partial charge on any atom is -0.361 e. The summed E-state index contributed by atoms with van der Waals surface area (Å²) in [6, 6.07) is 1.82. The number of likely N-dealkylation sites (tertiary alicyclic amines) is 1. The van der Waals surface area contributed by atoms with E-state index in [9.17, 15) is 4.79 Å². The van der Waals surface area contributed by atoms with E-state index in [1.807, 2.05) is 17.9 Å². The van der Waals surface area contributed by atoms with Crippen molar-refractivity contribution in [1.29, 1.82) is 0 Å². The van der Waals surface area contributed by atoms with E-state index >= 15 is 0 Å². The van der Waals surface area contributed by atoms with Crippen molar-refractivity contribution in [3.63, 3.8) is 0 Å². The number of carbonyl (C=O) groups excluding carboxylic acids is 1. The van der Waals surface area contributed by atoms with Crippen molar-refractivity contribution in [3.8, 4) is 11.4 Å². The van der Waals surface area contributed by atoms with Gasteiger partial charge in [-0.1, -0.05) is 16.8 Å². The fraction of sp³-hybridized carbons (Fsp3) is 0.632. The summed E-state index contributed by atoms with van der Waals surface area (Å²) in [6.45, 7) is 5.60. The average Bonchev–Trinajstić information content (AvgIpc) is 3.21. The molecule has 0 unspecified atom stereocenters. The lowest BCUT2D eigenvalue weighted by Gasteiger charge is -2.45. The van der Waals surface area contributed by atoms with Gasteiger partial charge in [0.25, 0.3) is 0 Å². The topological polar surface area (TPSA) is 76.2 Å². The molecule has 0 radical (unpaired) electrons. The van der Waals surface area contributed by atoms with Gasteiger partial charge in [-0.2, -0.15) is 5.10 Å². The number of aromatic nitrogens is 3. The molecule has 0 aliphatic carbocycles. The largest absolute Gasteiger partial charge is 0.361 e. The monoisotopic (exact) mass is 391 g/mol. The molecule has 4 heterocycles. The predicted octanol–water partition coefficient (Wildman–Crippen LogP) is 2.57. The average molecular weight is 392 g/mol. The Balaban J connectivity index is 1.54. The van der Waals surface area contributed by atoms with E-state index in [1.165, 1.54) is 6.42 Å². The van der Waals surface area contributed by atoms with Crippen molar-refractivity contribution in [2.75, 3.05) is 26.2 Å². The second kappa shape index (κ2) is 7.28. The van der Waals surface area contributed by atoms with Gasteiger partial charge in [0.1, 0.15) is 22.3 Å². The lowest BCUT2D eigenvalue weighted by molar-refractivity contribution is -0.134. The van der Waals surface area contributed by atoms with Gasteiger partial charge in [-0.25, -0.2) is 0 Å². The van der Waals surface area contributed by atoms with Crippen LogP contribution >= 0.6 is 11.6 Å². The molecular formula is C19H26ClN5O2. The standard InChI is InChI=1S/C19H26ClN5O2/c1-13-10-15(23-27-13)17-14(18(20)24(2)22-17)11-16(26)25-9-3-4-19(12-25)5-7-21-8-6-19/h10,21H,3-9,11-12H2,1-2H3. The molecule has 1 N–H and O–H groups in total. The zero-order valence-corrected chi connectivity index (χ0v) is 16.7. The first-order chi connectivity index (χ1) is 13.0. The maximum atomic E-state index is 13.1. The van der Waals surface area contributed by atoms with Gasteiger partial charge in [0.2, 0.25) is 5.91 Å². The summed E-state index contributed by atoms with van der Waals surface area (Å²) in [5.74, 6) is 0.817. The molecule has 2 fully saturated rings. The number of hydrogen-bond acceptors (Lipinski definition) is 5. The molecule has 0 atom stereocenters. The number of nitrogens with zero attached hydrogens (tertiary/aromatic N) is 4. The Hall–Kier alpha value is -1.86. The first-order valence-corrected chi connectivity index (χ1v) is 9.99. The lowest BCUT2D eigenvalue weighted by Crippen LogP contribution is -2.50. The first kappa shape index (κ1) is 18.5. The predicted molar refractivity (Wildman–Crippen MR) is 103 cm³/mol. The normalized spacial score (nSPS) is 19.6. The summed E-state index contributed by atoms with van der Waals surface area (Å²) in [5.41, 5.74) is 2.25. The van der Waals surface area contributed by atoms with Crippen LogP contribution in [0.2, 0.25) is 5.15 Å². The van der Waals surface area contributed by atoms with Gasteiger partial charge in [0.05, 0.1) is 6.42 Å². The highest BCUT2D eigenvalue weighted by molar-refractivity contribution is 6.31. The van der Waals surface area contributed by atoms with E-state index in [0.717, 1.165) is 51.0 Å². The van der Waals surface area contributed by atoms with Crippen LogP contribution in [0.3, 0.4) is 0 Å². The third-order valence-corrected chi connectivity index (χ3v) is 6.42. The van der Waals surface area contributed by atoms with Crippen molar-refractivity contribution in [2.45, 2.75) is 39.0 Å². The number of carbonyl (C=O) groups is 1. The quantitative estimate of drug-likeness (QED) is 0.870. The van der Waals surface area contributed by atoms with Gasteiger partial charge in [-0.3, -0.25) is 9.48 Å². The molecule has 2 aliphatic rings. The van der Waals surface area contributed by atoms with E-state index < -0.39 is 0 Å². The number of halogens is 1. The van der Waals surface area contributed by atoms with Gasteiger partial charge in [-0.05, 0) is 51.1 Å². The summed E-state index contributed by atoms with van der Waals surface area (Å²) in [7, 11) is 1.78. The van der Waals surface area contributed by atoms with Crippen LogP contribution in [0.1, 0.15) is 37.0 Å². The van der Waals surface area contributed by atoms with E-state index in [1.54, 1.807) is 11.7 Å². The van der Waals surface area contributed by atoms with Crippen molar-refractivity contribution < 1.29 is 9.32 Å². The molecule has 8 heteroatoms. The van der Waals surface area contributed by atoms with Crippen LogP contribution in [0.5, 0.6) is 0 Å². The lowest BCUT2D eigenvalue weighted by atomic mass is 9.73. The fourth-order valence-corrected chi connectivity index (χ4v) is 4.63. The highest BCUT2D eigenvalue weighted by Gasteiger charge is 2.38. The zero-order valence-electron chi connectivity index (χ0n) is 15.9. The Bertz CT molecular complexity index is 832. The third kappa shape index (κ3) is 3.62. The van der Waals surface area contributed by atoms with E-state index in [0.29, 0.717) is 22.3 Å². The summed E-state index contributed by atoms with van der Waals surface area (Å²) in [4.78, 5) is 15.1. The van der Waals surface area contributed by atoms with Crippen molar-refractivity contribution >= 4 is 17.5 Å². The van der Waals surface area contributed by atoms with Gasteiger partial charge in [-0.15, -0.1) is 0 Å². The molecule has 27 heavy (non-hydrogen) atoms. The summed E-state index contributed by atoms with van der Waals surface area (Å²) in [5, 5.41) is 12.4. The number of hydrogen-bond donors (Lipinski definition) is 1. The summed E-state index contributed by atoms with van der Waals surface area (Å²) < 4.78 is 6.77. The van der Waals surface area contributed by atoms with Gasteiger partial charge in [0.15, 0.2) is 0 Å². The number of piperidine rings is 2. The number of nitrogens with one attached hydrogen (secondary N) is 1. The molecular weight excluding hydrogens is 366 g/mol. The molecule has 4 rings (SSSR count). The minimum atomic E-state index is 0.115. The minimum absolute atomic E-state index is 0.115. The van der Waals surface area contributed by atoms with Crippen LogP contribution in [0, 0.1) is 12.3 Å².